The van der Waals surface area contributed by atoms with Crippen molar-refractivity contribution in [2.24, 2.45) is 11.8 Å². The van der Waals surface area contributed by atoms with Gasteiger partial charge in [0.2, 0.25) is 11.6 Å². The van der Waals surface area contributed by atoms with Gasteiger partial charge in [-0.25, -0.2) is 0 Å². The molecule has 0 atom stereocenters. The van der Waals surface area contributed by atoms with E-state index < -0.39 is 35.3 Å². The van der Waals surface area contributed by atoms with E-state index in [9.17, 15) is 19.2 Å². The zero-order valence-electron chi connectivity index (χ0n) is 19.9. The first-order valence-electron chi connectivity index (χ1n) is 11.4. The van der Waals surface area contributed by atoms with Crippen molar-refractivity contribution in [3.8, 4) is 0 Å². The molecule has 6 nitrogen and oxygen atoms in total. The predicted molar refractivity (Wildman–Crippen MR) is 126 cm³/mol. The highest BCUT2D eigenvalue weighted by molar-refractivity contribution is 6.58. The van der Waals surface area contributed by atoms with Crippen molar-refractivity contribution in [1.82, 2.24) is 0 Å². The summed E-state index contributed by atoms with van der Waals surface area (Å²) in [6, 6.07) is 12.2. The smallest absolute Gasteiger partial charge is 0.313 e. The number of esters is 2. The Balaban J connectivity index is 2.14. The molecule has 4 rings (SSSR count). The summed E-state index contributed by atoms with van der Waals surface area (Å²) < 4.78 is 11.2. The van der Waals surface area contributed by atoms with Crippen molar-refractivity contribution >= 4 is 46.2 Å². The summed E-state index contributed by atoms with van der Waals surface area (Å²) >= 11 is 0. The van der Waals surface area contributed by atoms with Crippen LogP contribution in [0.4, 0.5) is 0 Å². The topological polar surface area (TPSA) is 86.7 Å². The van der Waals surface area contributed by atoms with E-state index in [2.05, 4.69) is 0 Å². The molecule has 2 aromatic carbocycles. The fourth-order valence-electron chi connectivity index (χ4n) is 3.97. The Hall–Kier alpha value is -3.80. The Morgan fingerprint density at radius 2 is 1.18 bits per heavy atom. The second-order valence-corrected chi connectivity index (χ2v) is 9.00. The molecule has 0 heterocycles. The van der Waals surface area contributed by atoms with E-state index in [-0.39, 0.29) is 22.7 Å². The zero-order chi connectivity index (χ0) is 24.7. The van der Waals surface area contributed by atoms with Crippen LogP contribution in [0, 0.1) is 11.8 Å². The number of carbonyl (C=O) groups is 4. The quantitative estimate of drug-likeness (QED) is 0.622. The third-order valence-electron chi connectivity index (χ3n) is 5.91. The van der Waals surface area contributed by atoms with Crippen molar-refractivity contribution in [3.05, 3.63) is 68.9 Å². The molecule has 0 bridgehead atoms. The number of aryl methyl sites for hydroxylation is 1. The van der Waals surface area contributed by atoms with Crippen LogP contribution in [0.25, 0.3) is 22.7 Å². The minimum atomic E-state index is -0.546. The molecule has 2 aliphatic rings. The van der Waals surface area contributed by atoms with E-state index in [4.69, 9.17) is 9.47 Å². The molecule has 0 spiro atoms. The molecule has 0 aliphatic heterocycles. The second-order valence-electron chi connectivity index (χ2n) is 9.00. The lowest BCUT2D eigenvalue weighted by atomic mass is 9.83. The molecule has 0 fully saturated rings. The van der Waals surface area contributed by atoms with Gasteiger partial charge in [0.1, 0.15) is 0 Å². The van der Waals surface area contributed by atoms with E-state index in [0.29, 0.717) is 27.3 Å². The molecule has 0 saturated carbocycles. The Morgan fingerprint density at radius 3 is 1.68 bits per heavy atom. The van der Waals surface area contributed by atoms with Gasteiger partial charge in [0.15, 0.2) is 11.5 Å². The van der Waals surface area contributed by atoms with E-state index in [1.807, 2.05) is 13.0 Å². The number of rotatable bonds is 5. The average molecular weight is 459 g/mol. The first kappa shape index (κ1) is 23.4. The third-order valence-corrected chi connectivity index (χ3v) is 5.91. The highest BCUT2D eigenvalue weighted by atomic mass is 16.5. The lowest BCUT2D eigenvalue weighted by molar-refractivity contribution is -0.142. The van der Waals surface area contributed by atoms with Crippen molar-refractivity contribution in [2.45, 2.75) is 41.0 Å². The zero-order valence-corrected chi connectivity index (χ0v) is 19.9. The monoisotopic (exact) mass is 458 g/mol. The molecule has 0 radical (unpaired) electrons. The van der Waals surface area contributed by atoms with Crippen LogP contribution in [0.1, 0.15) is 40.2 Å². The third kappa shape index (κ3) is 3.79. The van der Waals surface area contributed by atoms with Gasteiger partial charge in [-0.15, -0.1) is 0 Å². The fourth-order valence-corrected chi connectivity index (χ4v) is 3.97. The summed E-state index contributed by atoms with van der Waals surface area (Å²) in [5.41, 5.74) is 1.22. The minimum absolute atomic E-state index is 0.0898. The van der Waals surface area contributed by atoms with E-state index in [1.165, 1.54) is 0 Å². The molecule has 0 unspecified atom stereocenters. The highest BCUT2D eigenvalue weighted by Gasteiger charge is 2.37. The van der Waals surface area contributed by atoms with Gasteiger partial charge in [0.05, 0.1) is 11.8 Å². The number of ether oxygens (including phenoxy) is 2. The molecule has 34 heavy (non-hydrogen) atoms. The Kier molecular flexibility index (Phi) is 6.09. The van der Waals surface area contributed by atoms with Crippen LogP contribution in [-0.4, -0.2) is 23.5 Å². The first-order valence-corrected chi connectivity index (χ1v) is 11.4. The lowest BCUT2D eigenvalue weighted by Gasteiger charge is -2.23. The SMILES string of the molecule is CCc1ccc2c(c1)=C(OC(=O)C(C)C)C(=O)C1=c3ccccc3=C(OC(=O)C(C)C)C(=O)C=21. The number of fused-ring (bicyclic) bond motifs is 3. The summed E-state index contributed by atoms with van der Waals surface area (Å²) in [6.45, 7) is 8.71. The minimum Gasteiger partial charge on any atom is -0.421 e. The standard InChI is InChI=1S/C28H26O6/c1-6-16-11-12-18-20(13-16)26(34-28(32)15(4)5)24(30)21-17-9-7-8-10-19(17)25(23(29)22(18)21)33-27(31)14(2)3/h7-15H,6H2,1-5H3. The van der Waals surface area contributed by atoms with Crippen molar-refractivity contribution in [3.63, 3.8) is 0 Å². The predicted octanol–water partition coefficient (Wildman–Crippen LogP) is 1.03. The first-order chi connectivity index (χ1) is 16.1. The molecular weight excluding hydrogens is 432 g/mol. The van der Waals surface area contributed by atoms with Gasteiger partial charge < -0.3 is 9.47 Å². The van der Waals surface area contributed by atoms with Crippen molar-refractivity contribution < 1.29 is 28.7 Å². The van der Waals surface area contributed by atoms with E-state index in [0.717, 1.165) is 5.56 Å². The van der Waals surface area contributed by atoms with Gasteiger partial charge >= 0.3 is 11.9 Å². The molecule has 0 saturated heterocycles. The summed E-state index contributed by atoms with van der Waals surface area (Å²) in [4.78, 5) is 52.4. The Bertz CT molecular complexity index is 1500. The van der Waals surface area contributed by atoms with Gasteiger partial charge in [-0.05, 0) is 28.5 Å². The fraction of sp³-hybridized carbons (Fsp3) is 0.286. The highest BCUT2D eigenvalue weighted by Crippen LogP contribution is 2.26. The maximum absolute atomic E-state index is 13.8. The number of hydrogen-bond acceptors (Lipinski definition) is 6. The molecule has 0 aromatic heterocycles. The summed E-state index contributed by atoms with van der Waals surface area (Å²) in [5, 5.41) is 1.67. The molecular formula is C28H26O6. The van der Waals surface area contributed by atoms with Gasteiger partial charge in [-0.3, -0.25) is 19.2 Å². The van der Waals surface area contributed by atoms with E-state index >= 15 is 0 Å². The molecule has 2 aliphatic carbocycles. The summed E-state index contributed by atoms with van der Waals surface area (Å²) in [6.07, 6.45) is 0.693. The summed E-state index contributed by atoms with van der Waals surface area (Å²) in [7, 11) is 0. The number of hydrogen-bond donors (Lipinski definition) is 0. The van der Waals surface area contributed by atoms with Crippen molar-refractivity contribution in [1.29, 1.82) is 0 Å². The molecule has 2 aromatic rings. The number of ketones is 2. The summed E-state index contributed by atoms with van der Waals surface area (Å²) in [5.74, 6) is -3.23. The van der Waals surface area contributed by atoms with Crippen LogP contribution in [0.15, 0.2) is 42.5 Å². The Morgan fingerprint density at radius 1 is 0.706 bits per heavy atom. The van der Waals surface area contributed by atoms with E-state index in [1.54, 1.807) is 64.1 Å². The Labute approximate surface area is 196 Å². The van der Waals surface area contributed by atoms with Crippen LogP contribution in [0.3, 0.4) is 0 Å². The lowest BCUT2D eigenvalue weighted by Crippen LogP contribution is -2.48. The maximum atomic E-state index is 13.8. The van der Waals surface area contributed by atoms with Gasteiger partial charge in [-0.1, -0.05) is 71.0 Å². The number of Topliss-reactive ketones (excluding diaryl/α,β-unsaturated/α-hetero) is 2. The normalized spacial score (nSPS) is 14.8. The number of carbonyl (C=O) groups excluding carboxylic acids is 4. The van der Waals surface area contributed by atoms with Crippen LogP contribution in [0.5, 0.6) is 0 Å². The van der Waals surface area contributed by atoms with Gasteiger partial charge in [0, 0.05) is 21.6 Å². The van der Waals surface area contributed by atoms with Crippen LogP contribution in [-0.2, 0) is 35.1 Å². The van der Waals surface area contributed by atoms with Crippen LogP contribution in [0.2, 0.25) is 0 Å². The maximum Gasteiger partial charge on any atom is 0.313 e. The molecule has 0 amide bonds. The van der Waals surface area contributed by atoms with Crippen molar-refractivity contribution in [2.75, 3.05) is 0 Å². The second kappa shape index (κ2) is 8.86. The van der Waals surface area contributed by atoms with Gasteiger partial charge in [-0.2, -0.15) is 0 Å². The number of benzene rings is 2. The van der Waals surface area contributed by atoms with Gasteiger partial charge in [0.25, 0.3) is 0 Å². The van der Waals surface area contributed by atoms with Crippen LogP contribution < -0.4 is 20.9 Å². The molecule has 0 N–H and O–H groups in total. The molecule has 174 valence electrons. The van der Waals surface area contributed by atoms with Crippen LogP contribution >= 0.6 is 0 Å². The average Bonchev–Trinajstić information content (AvgIpc) is 2.82. The molecule has 6 heteroatoms. The largest absolute Gasteiger partial charge is 0.421 e.